The van der Waals surface area contributed by atoms with E-state index < -0.39 is 71.3 Å². The van der Waals surface area contributed by atoms with Crippen molar-refractivity contribution in [1.29, 1.82) is 0 Å². The van der Waals surface area contributed by atoms with Crippen LogP contribution in [0.1, 0.15) is 27.7 Å². The van der Waals surface area contributed by atoms with Crippen LogP contribution in [0.3, 0.4) is 0 Å². The number of nitrogens with one attached hydrogen (secondary N) is 1. The number of ether oxygens (including phenoxy) is 5. The van der Waals surface area contributed by atoms with Gasteiger partial charge in [-0.1, -0.05) is 0 Å². The summed E-state index contributed by atoms with van der Waals surface area (Å²) in [7, 11) is -4.36. The van der Waals surface area contributed by atoms with Gasteiger partial charge < -0.3 is 23.7 Å². The van der Waals surface area contributed by atoms with Crippen LogP contribution in [0.15, 0.2) is 0 Å². The molecule has 0 saturated carbocycles. The van der Waals surface area contributed by atoms with Gasteiger partial charge in [-0.2, -0.15) is 13.1 Å². The van der Waals surface area contributed by atoms with Crippen molar-refractivity contribution in [3.63, 3.8) is 0 Å². The average Bonchev–Trinajstić information content (AvgIpc) is 2.48. The maximum atomic E-state index is 11.5. The Morgan fingerprint density at radius 1 is 0.857 bits per heavy atom. The van der Waals surface area contributed by atoms with Gasteiger partial charge in [0.15, 0.2) is 24.5 Å². The van der Waals surface area contributed by atoms with E-state index in [9.17, 15) is 27.6 Å². The van der Waals surface area contributed by atoms with Crippen molar-refractivity contribution in [1.82, 2.24) is 4.72 Å². The maximum Gasteiger partial charge on any atom is 0.303 e. The predicted molar refractivity (Wildman–Crippen MR) is 88.2 cm³/mol. The van der Waals surface area contributed by atoms with Gasteiger partial charge in [0.2, 0.25) is 0 Å². The van der Waals surface area contributed by atoms with Crippen molar-refractivity contribution < 1.29 is 51.3 Å². The summed E-state index contributed by atoms with van der Waals surface area (Å²) in [6.45, 7) is 3.73. The first-order chi connectivity index (χ1) is 12.8. The fraction of sp³-hybridized carbons (Fsp3) is 0.714. The molecular formula is C14H22N2O11S. The first-order valence-corrected chi connectivity index (χ1v) is 9.45. The zero-order valence-corrected chi connectivity index (χ0v) is 16.4. The van der Waals surface area contributed by atoms with Crippen LogP contribution in [-0.4, -0.2) is 69.5 Å². The molecule has 1 rings (SSSR count). The Morgan fingerprint density at radius 2 is 1.32 bits per heavy atom. The molecule has 1 fully saturated rings. The lowest BCUT2D eigenvalue weighted by atomic mass is 9.97. The second kappa shape index (κ2) is 9.77. The second-order valence-electron chi connectivity index (χ2n) is 5.78. The van der Waals surface area contributed by atoms with Crippen LogP contribution in [0.4, 0.5) is 0 Å². The van der Waals surface area contributed by atoms with Crippen molar-refractivity contribution in [2.75, 3.05) is 6.61 Å². The van der Waals surface area contributed by atoms with Crippen LogP contribution in [0.2, 0.25) is 0 Å². The lowest BCUT2D eigenvalue weighted by Gasteiger charge is -2.44. The zero-order chi connectivity index (χ0) is 21.6. The molecule has 0 bridgehead atoms. The molecule has 1 heterocycles. The highest BCUT2D eigenvalue weighted by Gasteiger charge is 2.52. The highest BCUT2D eigenvalue weighted by molar-refractivity contribution is 7.87. The van der Waals surface area contributed by atoms with Gasteiger partial charge in [0.05, 0.1) is 0 Å². The normalized spacial score (nSPS) is 27.4. The van der Waals surface area contributed by atoms with Gasteiger partial charge in [-0.05, 0) is 0 Å². The number of esters is 4. The molecule has 1 aliphatic heterocycles. The molecule has 1 aliphatic rings. The van der Waals surface area contributed by atoms with Crippen LogP contribution < -0.4 is 9.86 Å². The highest BCUT2D eigenvalue weighted by atomic mass is 32.2. The van der Waals surface area contributed by atoms with Gasteiger partial charge in [0.1, 0.15) is 12.7 Å². The Hall–Kier alpha value is -2.29. The minimum Gasteiger partial charge on any atom is -0.463 e. The summed E-state index contributed by atoms with van der Waals surface area (Å²) in [5.41, 5.74) is 0. The second-order valence-corrected chi connectivity index (χ2v) is 7.11. The fourth-order valence-corrected chi connectivity index (χ4v) is 3.00. The summed E-state index contributed by atoms with van der Waals surface area (Å²) in [5, 5.41) is 4.95. The molecule has 0 aromatic carbocycles. The molecule has 0 aromatic rings. The first kappa shape index (κ1) is 23.7. The van der Waals surface area contributed by atoms with E-state index >= 15 is 0 Å². The van der Waals surface area contributed by atoms with Crippen LogP contribution in [0, 0.1) is 0 Å². The number of hydrogen-bond donors (Lipinski definition) is 2. The third-order valence-electron chi connectivity index (χ3n) is 3.27. The first-order valence-electron chi connectivity index (χ1n) is 7.90. The largest absolute Gasteiger partial charge is 0.463 e. The Bertz CT molecular complexity index is 723. The summed E-state index contributed by atoms with van der Waals surface area (Å²) in [6, 6.07) is 0. The van der Waals surface area contributed by atoms with E-state index in [1.165, 1.54) is 0 Å². The summed E-state index contributed by atoms with van der Waals surface area (Å²) >= 11 is 0. The van der Waals surface area contributed by atoms with E-state index in [1.54, 1.807) is 0 Å². The lowest BCUT2D eigenvalue weighted by Crippen LogP contribution is -2.66. The van der Waals surface area contributed by atoms with Crippen molar-refractivity contribution >= 4 is 34.1 Å². The molecule has 3 unspecified atom stereocenters. The molecular weight excluding hydrogens is 404 g/mol. The van der Waals surface area contributed by atoms with E-state index in [2.05, 4.69) is 0 Å². The van der Waals surface area contributed by atoms with Crippen LogP contribution in [0.5, 0.6) is 0 Å². The Balaban J connectivity index is 3.36. The van der Waals surface area contributed by atoms with Crippen molar-refractivity contribution in [3.05, 3.63) is 0 Å². The molecule has 5 atom stereocenters. The van der Waals surface area contributed by atoms with Gasteiger partial charge in [-0.15, -0.1) is 0 Å². The van der Waals surface area contributed by atoms with Crippen LogP contribution in [0.25, 0.3) is 0 Å². The number of hydrogen-bond acceptors (Lipinski definition) is 11. The topological polar surface area (TPSA) is 187 Å². The zero-order valence-electron chi connectivity index (χ0n) is 15.6. The third-order valence-corrected chi connectivity index (χ3v) is 3.83. The van der Waals surface area contributed by atoms with E-state index in [-0.39, 0.29) is 0 Å². The smallest absolute Gasteiger partial charge is 0.303 e. The molecule has 0 aromatic heterocycles. The summed E-state index contributed by atoms with van der Waals surface area (Å²) in [5.74, 6) is -3.22. The van der Waals surface area contributed by atoms with Crippen LogP contribution >= 0.6 is 0 Å². The lowest BCUT2D eigenvalue weighted by molar-refractivity contribution is -0.254. The van der Waals surface area contributed by atoms with Gasteiger partial charge in [-0.3, -0.25) is 19.2 Å². The Morgan fingerprint density at radius 3 is 1.75 bits per heavy atom. The van der Waals surface area contributed by atoms with Gasteiger partial charge in [0, 0.05) is 27.7 Å². The molecule has 0 spiro atoms. The molecule has 1 saturated heterocycles. The number of carbonyl (C=O) groups excluding carboxylic acids is 4. The van der Waals surface area contributed by atoms with Crippen molar-refractivity contribution in [3.8, 4) is 0 Å². The molecule has 160 valence electrons. The Kier molecular flexibility index (Phi) is 8.29. The summed E-state index contributed by atoms with van der Waals surface area (Å²) < 4.78 is 50.3. The third kappa shape index (κ3) is 7.75. The van der Waals surface area contributed by atoms with E-state index in [0.29, 0.717) is 0 Å². The minimum absolute atomic E-state index is 0.485. The predicted octanol–water partition coefficient (Wildman–Crippen LogP) is -2.14. The molecule has 0 radical (unpaired) electrons. The van der Waals surface area contributed by atoms with E-state index in [4.69, 9.17) is 28.8 Å². The fourth-order valence-electron chi connectivity index (χ4n) is 2.49. The Labute approximate surface area is 160 Å². The molecule has 14 heteroatoms. The summed E-state index contributed by atoms with van der Waals surface area (Å²) in [6.07, 6.45) is -7.33. The van der Waals surface area contributed by atoms with E-state index in [1.807, 2.05) is 4.72 Å². The standard InChI is InChI=1S/C14H22N2O11S/c1-6(17)23-5-10-11(24-7(2)18)12(25-8(3)19)13(26-9(4)20)14(27-10)16-28(15,21)22/h10-14,16H,5H2,1-4H3,(H2,15,21,22)/t10?,11-,12?,13?,14+/m0/s1. The SMILES string of the molecule is CC(=O)OCC1O[C@@H](NS(N)(=O)=O)C(OC(C)=O)C(OC(C)=O)[C@H]1OC(C)=O. The summed E-state index contributed by atoms with van der Waals surface area (Å²) in [4.78, 5) is 45.6. The molecule has 3 N–H and O–H groups in total. The van der Waals surface area contributed by atoms with Crippen LogP contribution in [-0.2, 0) is 53.1 Å². The molecule has 13 nitrogen and oxygen atoms in total. The molecule has 0 aliphatic carbocycles. The molecule has 28 heavy (non-hydrogen) atoms. The van der Waals surface area contributed by atoms with Gasteiger partial charge >= 0.3 is 23.9 Å². The van der Waals surface area contributed by atoms with Gasteiger partial charge in [-0.25, -0.2) is 5.14 Å². The molecule has 0 amide bonds. The van der Waals surface area contributed by atoms with Gasteiger partial charge in [0.25, 0.3) is 10.2 Å². The number of nitrogens with two attached hydrogens (primary N) is 1. The van der Waals surface area contributed by atoms with Crippen molar-refractivity contribution in [2.24, 2.45) is 5.14 Å². The quantitative estimate of drug-likeness (QED) is 0.334. The number of rotatable bonds is 7. The minimum atomic E-state index is -4.36. The number of carbonyl (C=O) groups is 4. The maximum absolute atomic E-state index is 11.5. The average molecular weight is 426 g/mol. The highest BCUT2D eigenvalue weighted by Crippen LogP contribution is 2.28. The van der Waals surface area contributed by atoms with Crippen molar-refractivity contribution in [2.45, 2.75) is 58.3 Å². The monoisotopic (exact) mass is 426 g/mol. The van der Waals surface area contributed by atoms with E-state index in [0.717, 1.165) is 27.7 Å².